The molecule has 25 heavy (non-hydrogen) atoms. The lowest BCUT2D eigenvalue weighted by molar-refractivity contribution is -0.0504. The van der Waals surface area contributed by atoms with Gasteiger partial charge >= 0.3 is 6.61 Å². The van der Waals surface area contributed by atoms with Crippen LogP contribution >= 0.6 is 0 Å². The van der Waals surface area contributed by atoms with Crippen molar-refractivity contribution in [2.45, 2.75) is 39.5 Å². The molecule has 0 aromatic heterocycles. The van der Waals surface area contributed by atoms with Gasteiger partial charge in [-0.2, -0.15) is 8.78 Å². The Kier molecular flexibility index (Phi) is 8.60. The Bertz CT molecular complexity index is 666. The van der Waals surface area contributed by atoms with Crippen LogP contribution in [0.1, 0.15) is 25.8 Å². The van der Waals surface area contributed by atoms with Crippen LogP contribution in [0.15, 0.2) is 29.3 Å². The number of aliphatic imine (C=N–C) groups is 1. The molecule has 0 heterocycles. The number of nitrogens with zero attached hydrogens (tertiary/aromatic N) is 1. The molecule has 0 bridgehead atoms. The summed E-state index contributed by atoms with van der Waals surface area (Å²) in [5.41, 5.74) is 0.531. The first-order chi connectivity index (χ1) is 11.7. The Balaban J connectivity index is 2.75. The van der Waals surface area contributed by atoms with Crippen molar-refractivity contribution < 1.29 is 21.9 Å². The number of halogens is 2. The molecule has 9 heteroatoms. The van der Waals surface area contributed by atoms with Gasteiger partial charge in [-0.25, -0.2) is 13.4 Å². The number of rotatable bonds is 9. The predicted molar refractivity (Wildman–Crippen MR) is 94.8 cm³/mol. The number of guanidine groups is 1. The normalized spacial score (nSPS) is 13.6. The average molecular weight is 377 g/mol. The first-order valence-corrected chi connectivity index (χ1v) is 10.0. The van der Waals surface area contributed by atoms with Gasteiger partial charge in [-0.05, 0) is 26.3 Å². The molecule has 1 rings (SSSR count). The average Bonchev–Trinajstić information content (AvgIpc) is 2.51. The number of nitrogens with one attached hydrogen (secondary N) is 2. The van der Waals surface area contributed by atoms with Crippen molar-refractivity contribution in [3.63, 3.8) is 0 Å². The molecule has 0 radical (unpaired) electrons. The van der Waals surface area contributed by atoms with Gasteiger partial charge < -0.3 is 15.4 Å². The van der Waals surface area contributed by atoms with Crippen molar-refractivity contribution in [3.8, 4) is 5.75 Å². The zero-order valence-electron chi connectivity index (χ0n) is 14.6. The van der Waals surface area contributed by atoms with Gasteiger partial charge in [0.05, 0.1) is 12.3 Å². The molecule has 0 saturated heterocycles. The molecule has 1 atom stereocenters. The largest absolute Gasteiger partial charge is 0.434 e. The maximum absolute atomic E-state index is 12.4. The molecule has 1 aromatic carbocycles. The van der Waals surface area contributed by atoms with Gasteiger partial charge in [0.2, 0.25) is 0 Å². The minimum absolute atomic E-state index is 0.0750. The summed E-state index contributed by atoms with van der Waals surface area (Å²) in [7, 11) is -3.03. The Labute approximate surface area is 147 Å². The molecule has 0 aliphatic heterocycles. The molecule has 0 fully saturated rings. The number of hydrogen-bond acceptors (Lipinski definition) is 4. The molecule has 0 spiro atoms. The minimum atomic E-state index is -3.03. The second-order valence-corrected chi connectivity index (χ2v) is 7.91. The van der Waals surface area contributed by atoms with E-state index >= 15 is 0 Å². The summed E-state index contributed by atoms with van der Waals surface area (Å²) in [6.45, 7) is 1.61. The summed E-state index contributed by atoms with van der Waals surface area (Å²) in [5, 5.41) is 6.15. The van der Waals surface area contributed by atoms with E-state index in [2.05, 4.69) is 20.4 Å². The molecule has 142 valence electrons. The molecule has 6 nitrogen and oxygen atoms in total. The van der Waals surface area contributed by atoms with Gasteiger partial charge in [0.15, 0.2) is 5.96 Å². The van der Waals surface area contributed by atoms with Gasteiger partial charge in [-0.1, -0.05) is 18.2 Å². The summed E-state index contributed by atoms with van der Waals surface area (Å²) in [6.07, 6.45) is 1.63. The van der Waals surface area contributed by atoms with E-state index in [-0.39, 0.29) is 24.1 Å². The quantitative estimate of drug-likeness (QED) is 0.509. The van der Waals surface area contributed by atoms with E-state index < -0.39 is 16.4 Å². The van der Waals surface area contributed by atoms with E-state index in [1.165, 1.54) is 12.3 Å². The zero-order valence-corrected chi connectivity index (χ0v) is 15.4. The molecule has 0 amide bonds. The van der Waals surface area contributed by atoms with Crippen LogP contribution in [0.5, 0.6) is 5.75 Å². The number of sulfone groups is 1. The third kappa shape index (κ3) is 9.23. The molecule has 0 saturated carbocycles. The standard InChI is InChI=1S/C16H25F2N3O3S/c1-4-19-16(21-12(2)9-10-25(3,22)23)20-11-13-7-5-6-8-14(13)24-15(17)18/h5-8,12,15H,4,9-11H2,1-3H3,(H2,19,20,21). The Morgan fingerprint density at radius 1 is 1.32 bits per heavy atom. The number of alkyl halides is 2. The summed E-state index contributed by atoms with van der Waals surface area (Å²) in [6, 6.07) is 6.35. The highest BCUT2D eigenvalue weighted by Crippen LogP contribution is 2.20. The number of benzene rings is 1. The zero-order chi connectivity index (χ0) is 18.9. The number of para-hydroxylation sites is 1. The van der Waals surface area contributed by atoms with Gasteiger partial charge in [0.25, 0.3) is 0 Å². The lowest BCUT2D eigenvalue weighted by Gasteiger charge is -2.17. The second-order valence-electron chi connectivity index (χ2n) is 5.65. The molecular formula is C16H25F2N3O3S. The highest BCUT2D eigenvalue weighted by molar-refractivity contribution is 7.90. The Morgan fingerprint density at radius 3 is 2.60 bits per heavy atom. The maximum atomic E-state index is 12.4. The van der Waals surface area contributed by atoms with E-state index in [1.807, 2.05) is 13.8 Å². The smallest absolute Gasteiger partial charge is 0.387 e. The van der Waals surface area contributed by atoms with Gasteiger partial charge in [-0.3, -0.25) is 0 Å². The lowest BCUT2D eigenvalue weighted by atomic mass is 10.2. The molecule has 0 aliphatic carbocycles. The van der Waals surface area contributed by atoms with Crippen LogP contribution in [0.2, 0.25) is 0 Å². The van der Waals surface area contributed by atoms with E-state index in [0.717, 1.165) is 0 Å². The van der Waals surface area contributed by atoms with Crippen molar-refractivity contribution in [1.82, 2.24) is 10.6 Å². The highest BCUT2D eigenvalue weighted by atomic mass is 32.2. The second kappa shape index (κ2) is 10.2. The Hall–Kier alpha value is -1.90. The summed E-state index contributed by atoms with van der Waals surface area (Å²) in [5.74, 6) is 0.642. The van der Waals surface area contributed by atoms with Crippen LogP contribution in [-0.4, -0.2) is 45.6 Å². The van der Waals surface area contributed by atoms with Crippen molar-refractivity contribution in [2.24, 2.45) is 4.99 Å². The topological polar surface area (TPSA) is 79.8 Å². The van der Waals surface area contributed by atoms with E-state index in [9.17, 15) is 17.2 Å². The molecule has 1 aromatic rings. The van der Waals surface area contributed by atoms with Crippen LogP contribution in [-0.2, 0) is 16.4 Å². The summed E-state index contributed by atoms with van der Waals surface area (Å²) in [4.78, 5) is 4.36. The maximum Gasteiger partial charge on any atom is 0.387 e. The number of hydrogen-bond donors (Lipinski definition) is 2. The fourth-order valence-electron chi connectivity index (χ4n) is 2.03. The molecule has 1 unspecified atom stereocenters. The SMILES string of the molecule is CCNC(=NCc1ccccc1OC(F)F)NC(C)CCS(C)(=O)=O. The van der Waals surface area contributed by atoms with Crippen LogP contribution in [0.4, 0.5) is 8.78 Å². The van der Waals surface area contributed by atoms with Crippen molar-refractivity contribution in [2.75, 3.05) is 18.6 Å². The molecule has 0 aliphatic rings. The first kappa shape index (κ1) is 21.1. The lowest BCUT2D eigenvalue weighted by Crippen LogP contribution is -2.42. The first-order valence-electron chi connectivity index (χ1n) is 7.96. The van der Waals surface area contributed by atoms with Crippen LogP contribution in [0.25, 0.3) is 0 Å². The van der Waals surface area contributed by atoms with Crippen LogP contribution < -0.4 is 15.4 Å². The summed E-state index contributed by atoms with van der Waals surface area (Å²) < 4.78 is 51.8. The minimum Gasteiger partial charge on any atom is -0.434 e. The number of ether oxygens (including phenoxy) is 1. The Morgan fingerprint density at radius 2 is 2.00 bits per heavy atom. The predicted octanol–water partition coefficient (Wildman–Crippen LogP) is 2.17. The van der Waals surface area contributed by atoms with E-state index in [1.54, 1.807) is 18.2 Å². The van der Waals surface area contributed by atoms with Crippen LogP contribution in [0, 0.1) is 0 Å². The molecule has 2 N–H and O–H groups in total. The van der Waals surface area contributed by atoms with E-state index in [0.29, 0.717) is 24.5 Å². The van der Waals surface area contributed by atoms with E-state index in [4.69, 9.17) is 0 Å². The third-order valence-corrected chi connectivity index (χ3v) is 4.22. The monoisotopic (exact) mass is 377 g/mol. The van der Waals surface area contributed by atoms with Gasteiger partial charge in [0, 0.05) is 24.4 Å². The van der Waals surface area contributed by atoms with Gasteiger partial charge in [-0.15, -0.1) is 0 Å². The van der Waals surface area contributed by atoms with Gasteiger partial charge in [0.1, 0.15) is 15.6 Å². The van der Waals surface area contributed by atoms with Crippen molar-refractivity contribution in [3.05, 3.63) is 29.8 Å². The fourth-order valence-corrected chi connectivity index (χ4v) is 2.81. The fraction of sp³-hybridized carbons (Fsp3) is 0.562. The summed E-state index contributed by atoms with van der Waals surface area (Å²) >= 11 is 0. The van der Waals surface area contributed by atoms with Crippen molar-refractivity contribution >= 4 is 15.8 Å². The van der Waals surface area contributed by atoms with Crippen molar-refractivity contribution in [1.29, 1.82) is 0 Å². The van der Waals surface area contributed by atoms with Crippen LogP contribution in [0.3, 0.4) is 0 Å². The molecular weight excluding hydrogens is 352 g/mol. The highest BCUT2D eigenvalue weighted by Gasteiger charge is 2.11. The third-order valence-electron chi connectivity index (χ3n) is 3.25.